The van der Waals surface area contributed by atoms with E-state index in [0.29, 0.717) is 10.9 Å². The summed E-state index contributed by atoms with van der Waals surface area (Å²) in [5, 5.41) is 3.49. The van der Waals surface area contributed by atoms with Crippen molar-refractivity contribution in [1.29, 1.82) is 0 Å². The van der Waals surface area contributed by atoms with E-state index in [1.165, 1.54) is 25.3 Å². The second-order valence-electron chi connectivity index (χ2n) is 4.44. The van der Waals surface area contributed by atoms with Gasteiger partial charge in [0.15, 0.2) is 11.6 Å². The zero-order valence-corrected chi connectivity index (χ0v) is 13.1. The summed E-state index contributed by atoms with van der Waals surface area (Å²) in [6.45, 7) is 0. The fraction of sp³-hybridized carbons (Fsp3) is 0.188. The maximum absolute atomic E-state index is 13.4. The van der Waals surface area contributed by atoms with E-state index in [1.54, 1.807) is 0 Å². The van der Waals surface area contributed by atoms with Gasteiger partial charge in [-0.2, -0.15) is 0 Å². The quantitative estimate of drug-likeness (QED) is 0.834. The molecule has 1 atom stereocenters. The molecule has 0 radical (unpaired) electrons. The smallest absolute Gasteiger partial charge is 0.251 e. The van der Waals surface area contributed by atoms with E-state index in [4.69, 9.17) is 4.74 Å². The third-order valence-electron chi connectivity index (χ3n) is 3.07. The number of hydrogen-bond acceptors (Lipinski definition) is 2. The van der Waals surface area contributed by atoms with E-state index >= 15 is 0 Å². The predicted octanol–water partition coefficient (Wildman–Crippen LogP) is 3.70. The molecule has 1 unspecified atom stereocenters. The Morgan fingerprint density at radius 2 is 2.00 bits per heavy atom. The summed E-state index contributed by atoms with van der Waals surface area (Å²) in [7, 11) is 1.37. The number of halogens is 2. The lowest BCUT2D eigenvalue weighted by Gasteiger charge is -2.17. The Kier molecular flexibility index (Phi) is 5.33. The number of methoxy groups -OCH3 is 1. The molecular formula is C16H15BrFNO2. The molecule has 0 aliphatic carbocycles. The largest absolute Gasteiger partial charge is 0.494 e. The van der Waals surface area contributed by atoms with E-state index in [0.717, 1.165) is 5.56 Å². The summed E-state index contributed by atoms with van der Waals surface area (Å²) in [5.74, 6) is -0.714. The molecule has 0 aliphatic rings. The third-order valence-corrected chi connectivity index (χ3v) is 3.72. The second kappa shape index (κ2) is 7.22. The first-order valence-corrected chi connectivity index (χ1v) is 7.53. The number of carbonyl (C=O) groups is 1. The topological polar surface area (TPSA) is 38.3 Å². The number of amides is 1. The number of hydrogen-bond donors (Lipinski definition) is 1. The van der Waals surface area contributed by atoms with Gasteiger partial charge in [0.1, 0.15) is 0 Å². The summed E-state index contributed by atoms with van der Waals surface area (Å²) in [6.07, 6.45) is 0. The van der Waals surface area contributed by atoms with Gasteiger partial charge in [-0.05, 0) is 23.8 Å². The van der Waals surface area contributed by atoms with Gasteiger partial charge in [0.05, 0.1) is 13.2 Å². The van der Waals surface area contributed by atoms with Crippen LogP contribution >= 0.6 is 15.9 Å². The standard InChI is InChI=1S/C16H15BrFNO2/c1-21-15-9-12(7-8-13(15)18)16(20)19-14(10-17)11-5-3-2-4-6-11/h2-9,14H,10H2,1H3,(H,19,20). The summed E-state index contributed by atoms with van der Waals surface area (Å²) < 4.78 is 18.3. The van der Waals surface area contributed by atoms with Gasteiger partial charge in [-0.3, -0.25) is 4.79 Å². The van der Waals surface area contributed by atoms with E-state index in [1.807, 2.05) is 30.3 Å². The van der Waals surface area contributed by atoms with Crippen molar-refractivity contribution in [2.75, 3.05) is 12.4 Å². The van der Waals surface area contributed by atoms with Crippen molar-refractivity contribution in [2.24, 2.45) is 0 Å². The van der Waals surface area contributed by atoms with Crippen molar-refractivity contribution in [1.82, 2.24) is 5.32 Å². The normalized spacial score (nSPS) is 11.8. The third kappa shape index (κ3) is 3.82. The highest BCUT2D eigenvalue weighted by molar-refractivity contribution is 9.09. The molecule has 2 aromatic rings. The van der Waals surface area contributed by atoms with Gasteiger partial charge in [-0.1, -0.05) is 46.3 Å². The molecule has 0 bridgehead atoms. The number of carbonyl (C=O) groups excluding carboxylic acids is 1. The zero-order valence-electron chi connectivity index (χ0n) is 11.5. The van der Waals surface area contributed by atoms with Gasteiger partial charge >= 0.3 is 0 Å². The van der Waals surface area contributed by atoms with E-state index in [-0.39, 0.29) is 17.7 Å². The monoisotopic (exact) mass is 351 g/mol. The molecule has 1 amide bonds. The van der Waals surface area contributed by atoms with E-state index in [9.17, 15) is 9.18 Å². The lowest BCUT2D eigenvalue weighted by Crippen LogP contribution is -2.29. The van der Waals surface area contributed by atoms with Gasteiger partial charge in [-0.15, -0.1) is 0 Å². The van der Waals surface area contributed by atoms with Crippen molar-refractivity contribution < 1.29 is 13.9 Å². The molecule has 1 N–H and O–H groups in total. The Labute approximate surface area is 131 Å². The number of ether oxygens (including phenoxy) is 1. The average Bonchev–Trinajstić information content (AvgIpc) is 2.53. The van der Waals surface area contributed by atoms with Crippen LogP contribution in [-0.4, -0.2) is 18.3 Å². The maximum atomic E-state index is 13.4. The molecule has 3 nitrogen and oxygen atoms in total. The molecule has 0 aliphatic heterocycles. The highest BCUT2D eigenvalue weighted by Crippen LogP contribution is 2.20. The van der Waals surface area contributed by atoms with Gasteiger partial charge in [0.25, 0.3) is 5.91 Å². The molecule has 0 saturated heterocycles. The molecule has 2 aromatic carbocycles. The zero-order chi connectivity index (χ0) is 15.2. The van der Waals surface area contributed by atoms with E-state index in [2.05, 4.69) is 21.2 Å². The molecule has 0 spiro atoms. The van der Waals surface area contributed by atoms with Crippen molar-refractivity contribution in [2.45, 2.75) is 6.04 Å². The summed E-state index contributed by atoms with van der Waals surface area (Å²) >= 11 is 3.39. The lowest BCUT2D eigenvalue weighted by molar-refractivity contribution is 0.0940. The molecule has 0 fully saturated rings. The minimum Gasteiger partial charge on any atom is -0.494 e. The van der Waals surface area contributed by atoms with Crippen molar-refractivity contribution in [3.05, 3.63) is 65.5 Å². The van der Waals surface area contributed by atoms with Crippen LogP contribution in [0.5, 0.6) is 5.75 Å². The van der Waals surface area contributed by atoms with E-state index < -0.39 is 5.82 Å². The number of alkyl halides is 1. The SMILES string of the molecule is COc1cc(C(=O)NC(CBr)c2ccccc2)ccc1F. The molecule has 5 heteroatoms. The minimum atomic E-state index is -0.492. The molecule has 21 heavy (non-hydrogen) atoms. The molecule has 0 aromatic heterocycles. The Morgan fingerprint density at radius 1 is 1.29 bits per heavy atom. The summed E-state index contributed by atoms with van der Waals surface area (Å²) in [5.41, 5.74) is 1.35. The van der Waals surface area contributed by atoms with Gasteiger partial charge in [0.2, 0.25) is 0 Å². The van der Waals surface area contributed by atoms with Crippen LogP contribution in [0.25, 0.3) is 0 Å². The van der Waals surface area contributed by atoms with Crippen LogP contribution in [0.15, 0.2) is 48.5 Å². The highest BCUT2D eigenvalue weighted by atomic mass is 79.9. The van der Waals surface area contributed by atoms with Gasteiger partial charge < -0.3 is 10.1 Å². The Hall–Kier alpha value is -1.88. The van der Waals surface area contributed by atoms with Crippen LogP contribution in [0.2, 0.25) is 0 Å². The Balaban J connectivity index is 2.16. The fourth-order valence-corrected chi connectivity index (χ4v) is 2.47. The van der Waals surface area contributed by atoms with Crippen molar-refractivity contribution in [3.63, 3.8) is 0 Å². The summed E-state index contributed by atoms with van der Waals surface area (Å²) in [4.78, 5) is 12.3. The van der Waals surface area contributed by atoms with Crippen LogP contribution in [0, 0.1) is 5.82 Å². The highest BCUT2D eigenvalue weighted by Gasteiger charge is 2.16. The minimum absolute atomic E-state index is 0.0535. The number of rotatable bonds is 5. The van der Waals surface area contributed by atoms with Crippen molar-refractivity contribution in [3.8, 4) is 5.75 Å². The summed E-state index contributed by atoms with van der Waals surface area (Å²) in [6, 6.07) is 13.5. The van der Waals surface area contributed by atoms with Crippen LogP contribution in [0.1, 0.15) is 22.0 Å². The maximum Gasteiger partial charge on any atom is 0.251 e. The van der Waals surface area contributed by atoms with Crippen LogP contribution in [0.3, 0.4) is 0 Å². The van der Waals surface area contributed by atoms with Gasteiger partial charge in [-0.25, -0.2) is 4.39 Å². The van der Waals surface area contributed by atoms with Crippen LogP contribution in [-0.2, 0) is 0 Å². The first-order chi connectivity index (χ1) is 10.2. The molecular weight excluding hydrogens is 337 g/mol. The molecule has 2 rings (SSSR count). The van der Waals surface area contributed by atoms with Crippen molar-refractivity contribution >= 4 is 21.8 Å². The van der Waals surface area contributed by atoms with Crippen LogP contribution < -0.4 is 10.1 Å². The predicted molar refractivity (Wildman–Crippen MR) is 83.4 cm³/mol. The van der Waals surface area contributed by atoms with Gasteiger partial charge in [0, 0.05) is 10.9 Å². The first kappa shape index (κ1) is 15.5. The lowest BCUT2D eigenvalue weighted by atomic mass is 10.1. The van der Waals surface area contributed by atoms with Crippen LogP contribution in [0.4, 0.5) is 4.39 Å². The fourth-order valence-electron chi connectivity index (χ4n) is 1.94. The second-order valence-corrected chi connectivity index (χ2v) is 5.09. The first-order valence-electron chi connectivity index (χ1n) is 6.41. The molecule has 0 heterocycles. The molecule has 110 valence electrons. The Bertz CT molecular complexity index is 619. The molecule has 0 saturated carbocycles. The number of nitrogens with one attached hydrogen (secondary N) is 1. The number of benzene rings is 2. The average molecular weight is 352 g/mol. The Morgan fingerprint density at radius 3 is 2.62 bits per heavy atom.